The molecule has 4 N–H and O–H groups in total. The summed E-state index contributed by atoms with van der Waals surface area (Å²) >= 11 is 0. The highest BCUT2D eigenvalue weighted by molar-refractivity contribution is 5.85. The lowest BCUT2D eigenvalue weighted by Gasteiger charge is -2.06. The summed E-state index contributed by atoms with van der Waals surface area (Å²) in [5.74, 6) is 0. The van der Waals surface area contributed by atoms with Crippen LogP contribution in [0.3, 0.4) is 0 Å². The number of hydrogen-bond acceptors (Lipinski definition) is 2. The van der Waals surface area contributed by atoms with Gasteiger partial charge < -0.3 is 16.4 Å². The number of halogens is 1. The number of nitrogens with two attached hydrogens (primary N) is 1. The average Bonchev–Trinajstić information content (AvgIpc) is 2.15. The number of carbonyl (C=O) groups is 1. The van der Waals surface area contributed by atoms with Crippen molar-refractivity contribution in [3.05, 3.63) is 0 Å². The second-order valence-corrected chi connectivity index (χ2v) is 2.20. The summed E-state index contributed by atoms with van der Waals surface area (Å²) in [5.41, 5.74) is 4.89. The lowest BCUT2D eigenvalue weighted by atomic mass is 10.3. The van der Waals surface area contributed by atoms with Crippen molar-refractivity contribution in [1.29, 1.82) is 0 Å². The van der Waals surface area contributed by atoms with Crippen molar-refractivity contribution >= 4 is 18.4 Å². The Balaban J connectivity index is 0.000000810. The van der Waals surface area contributed by atoms with Crippen molar-refractivity contribution in [3.63, 3.8) is 0 Å². The molecule has 1 fully saturated rings. The van der Waals surface area contributed by atoms with Gasteiger partial charge in [-0.25, -0.2) is 4.79 Å². The first-order chi connectivity index (χ1) is 4.29. The largest absolute Gasteiger partial charge is 0.352 e. The van der Waals surface area contributed by atoms with Gasteiger partial charge in [-0.1, -0.05) is 0 Å². The SMILES string of the molecule is Cl.NC(=O)N[C@H]1CCNC1. The highest BCUT2D eigenvalue weighted by atomic mass is 35.5. The van der Waals surface area contributed by atoms with Crippen LogP contribution in [0.15, 0.2) is 0 Å². The second kappa shape index (κ2) is 4.35. The summed E-state index contributed by atoms with van der Waals surface area (Å²) in [6.45, 7) is 1.83. The van der Waals surface area contributed by atoms with Crippen LogP contribution in [0.25, 0.3) is 0 Å². The van der Waals surface area contributed by atoms with E-state index in [1.165, 1.54) is 0 Å². The molecule has 4 nitrogen and oxygen atoms in total. The molecule has 1 heterocycles. The molecular weight excluding hydrogens is 154 g/mol. The smallest absolute Gasteiger partial charge is 0.312 e. The lowest BCUT2D eigenvalue weighted by molar-refractivity contribution is 0.246. The van der Waals surface area contributed by atoms with Crippen molar-refractivity contribution in [1.82, 2.24) is 10.6 Å². The molecule has 0 unspecified atom stereocenters. The Labute approximate surface area is 65.9 Å². The fourth-order valence-electron chi connectivity index (χ4n) is 0.979. The van der Waals surface area contributed by atoms with Crippen LogP contribution in [0.1, 0.15) is 6.42 Å². The van der Waals surface area contributed by atoms with Gasteiger partial charge in [-0.3, -0.25) is 0 Å². The van der Waals surface area contributed by atoms with Crippen molar-refractivity contribution < 1.29 is 4.79 Å². The van der Waals surface area contributed by atoms with Crippen molar-refractivity contribution in [2.45, 2.75) is 12.5 Å². The molecule has 1 aliphatic heterocycles. The third-order valence-corrected chi connectivity index (χ3v) is 1.41. The molecule has 1 atom stereocenters. The average molecular weight is 166 g/mol. The summed E-state index contributed by atoms with van der Waals surface area (Å²) in [4.78, 5) is 10.2. The predicted octanol–water partition coefficient (Wildman–Crippen LogP) is -0.562. The fraction of sp³-hybridized carbons (Fsp3) is 0.800. The molecule has 0 radical (unpaired) electrons. The molecule has 0 aromatic heterocycles. The van der Waals surface area contributed by atoms with Gasteiger partial charge in [0.05, 0.1) is 0 Å². The van der Waals surface area contributed by atoms with Crippen LogP contribution in [-0.2, 0) is 0 Å². The summed E-state index contributed by atoms with van der Waals surface area (Å²) in [7, 11) is 0. The van der Waals surface area contributed by atoms with Gasteiger partial charge in [-0.15, -0.1) is 12.4 Å². The van der Waals surface area contributed by atoms with Gasteiger partial charge in [0.2, 0.25) is 0 Å². The Kier molecular flexibility index (Phi) is 4.14. The minimum absolute atomic E-state index is 0. The maximum Gasteiger partial charge on any atom is 0.312 e. The Morgan fingerprint density at radius 3 is 2.80 bits per heavy atom. The van der Waals surface area contributed by atoms with E-state index in [9.17, 15) is 4.79 Å². The van der Waals surface area contributed by atoms with E-state index in [1.807, 2.05) is 0 Å². The van der Waals surface area contributed by atoms with E-state index in [0.29, 0.717) is 0 Å². The van der Waals surface area contributed by atoms with E-state index < -0.39 is 6.03 Å². The first-order valence-corrected chi connectivity index (χ1v) is 3.06. The molecule has 2 amide bonds. The summed E-state index contributed by atoms with van der Waals surface area (Å²) < 4.78 is 0. The summed E-state index contributed by atoms with van der Waals surface area (Å²) in [5, 5.41) is 5.73. The van der Waals surface area contributed by atoms with Gasteiger partial charge in [-0.05, 0) is 13.0 Å². The zero-order chi connectivity index (χ0) is 6.69. The second-order valence-electron chi connectivity index (χ2n) is 2.20. The third-order valence-electron chi connectivity index (χ3n) is 1.41. The quantitative estimate of drug-likeness (QED) is 0.488. The molecule has 1 rings (SSSR count). The van der Waals surface area contributed by atoms with E-state index in [4.69, 9.17) is 5.73 Å². The van der Waals surface area contributed by atoms with Gasteiger partial charge >= 0.3 is 6.03 Å². The highest BCUT2D eigenvalue weighted by Crippen LogP contribution is 1.95. The van der Waals surface area contributed by atoms with Gasteiger partial charge in [0, 0.05) is 12.6 Å². The number of primary amides is 1. The molecule has 0 aromatic carbocycles. The first kappa shape index (κ1) is 9.52. The van der Waals surface area contributed by atoms with E-state index in [-0.39, 0.29) is 18.4 Å². The fourth-order valence-corrected chi connectivity index (χ4v) is 0.979. The van der Waals surface area contributed by atoms with Gasteiger partial charge in [-0.2, -0.15) is 0 Å². The number of carbonyl (C=O) groups excluding carboxylic acids is 1. The first-order valence-electron chi connectivity index (χ1n) is 3.06. The van der Waals surface area contributed by atoms with Crippen molar-refractivity contribution in [2.24, 2.45) is 5.73 Å². The van der Waals surface area contributed by atoms with Crippen LogP contribution in [0.5, 0.6) is 0 Å². The topological polar surface area (TPSA) is 67.2 Å². The van der Waals surface area contributed by atoms with Crippen LogP contribution < -0.4 is 16.4 Å². The third kappa shape index (κ3) is 2.89. The molecule has 60 valence electrons. The summed E-state index contributed by atoms with van der Waals surface area (Å²) in [6, 6.07) is -0.175. The van der Waals surface area contributed by atoms with Crippen molar-refractivity contribution in [3.8, 4) is 0 Å². The minimum atomic E-state index is -0.427. The van der Waals surface area contributed by atoms with E-state index in [0.717, 1.165) is 19.5 Å². The Hall–Kier alpha value is -0.480. The molecule has 1 saturated heterocycles. The van der Waals surface area contributed by atoms with E-state index >= 15 is 0 Å². The van der Waals surface area contributed by atoms with Crippen LogP contribution in [0, 0.1) is 0 Å². The molecule has 0 aromatic rings. The van der Waals surface area contributed by atoms with Crippen molar-refractivity contribution in [2.75, 3.05) is 13.1 Å². The molecule has 0 bridgehead atoms. The van der Waals surface area contributed by atoms with Gasteiger partial charge in [0.25, 0.3) is 0 Å². The Morgan fingerprint density at radius 1 is 1.70 bits per heavy atom. The number of amides is 2. The predicted molar refractivity (Wildman–Crippen MR) is 41.2 cm³/mol. The molecule has 5 heteroatoms. The standard InChI is InChI=1S/C5H11N3O.ClH/c6-5(9)8-4-1-2-7-3-4;/h4,7H,1-3H2,(H3,6,8,9);1H/t4-;/m0./s1. The maximum atomic E-state index is 10.2. The zero-order valence-corrected chi connectivity index (χ0v) is 6.41. The molecular formula is C5H12ClN3O. The minimum Gasteiger partial charge on any atom is -0.352 e. The number of rotatable bonds is 1. The number of urea groups is 1. The lowest BCUT2D eigenvalue weighted by Crippen LogP contribution is -2.39. The Morgan fingerprint density at radius 2 is 2.40 bits per heavy atom. The van der Waals surface area contributed by atoms with Crippen LogP contribution in [-0.4, -0.2) is 25.2 Å². The van der Waals surface area contributed by atoms with E-state index in [2.05, 4.69) is 10.6 Å². The maximum absolute atomic E-state index is 10.2. The molecule has 10 heavy (non-hydrogen) atoms. The Bertz CT molecular complexity index is 113. The normalized spacial score (nSPS) is 23.4. The number of nitrogens with one attached hydrogen (secondary N) is 2. The van der Waals surface area contributed by atoms with Crippen LogP contribution >= 0.6 is 12.4 Å². The zero-order valence-electron chi connectivity index (χ0n) is 5.59. The van der Waals surface area contributed by atoms with Gasteiger partial charge in [0.1, 0.15) is 0 Å². The molecule has 0 aliphatic carbocycles. The number of hydrogen-bond donors (Lipinski definition) is 3. The molecule has 0 spiro atoms. The van der Waals surface area contributed by atoms with Crippen LogP contribution in [0.4, 0.5) is 4.79 Å². The highest BCUT2D eigenvalue weighted by Gasteiger charge is 2.14. The summed E-state index contributed by atoms with van der Waals surface area (Å²) in [6.07, 6.45) is 0.989. The monoisotopic (exact) mass is 165 g/mol. The molecule has 0 saturated carbocycles. The molecule has 1 aliphatic rings. The van der Waals surface area contributed by atoms with E-state index in [1.54, 1.807) is 0 Å². The van der Waals surface area contributed by atoms with Crippen LogP contribution in [0.2, 0.25) is 0 Å². The van der Waals surface area contributed by atoms with Gasteiger partial charge in [0.15, 0.2) is 0 Å².